The molecule has 1 aromatic rings. The molecule has 0 aliphatic carbocycles. The van der Waals surface area contributed by atoms with Crippen LogP contribution in [-0.2, 0) is 19.6 Å². The van der Waals surface area contributed by atoms with E-state index in [9.17, 15) is 18.0 Å². The van der Waals surface area contributed by atoms with E-state index in [1.165, 1.54) is 12.1 Å². The summed E-state index contributed by atoms with van der Waals surface area (Å²) in [6, 6.07) is 6.24. The van der Waals surface area contributed by atoms with Gasteiger partial charge in [0.2, 0.25) is 15.9 Å². The molecule has 1 saturated heterocycles. The van der Waals surface area contributed by atoms with E-state index in [0.717, 1.165) is 4.47 Å². The molecule has 27 heavy (non-hydrogen) atoms. The summed E-state index contributed by atoms with van der Waals surface area (Å²) in [5.74, 6) is -0.219. The fraction of sp³-hybridized carbons (Fsp3) is 0.529. The van der Waals surface area contributed by atoms with E-state index in [-0.39, 0.29) is 35.9 Å². The van der Waals surface area contributed by atoms with Gasteiger partial charge in [-0.1, -0.05) is 15.9 Å². The number of carbonyl (C=O) groups is 2. The zero-order chi connectivity index (χ0) is 19.9. The molecule has 0 aromatic heterocycles. The number of sulfonamides is 1. The second-order valence-electron chi connectivity index (χ2n) is 6.13. The third-order valence-corrected chi connectivity index (χ3v) is 6.16. The summed E-state index contributed by atoms with van der Waals surface area (Å²) in [6.45, 7) is 3.17. The van der Waals surface area contributed by atoms with Gasteiger partial charge in [0.25, 0.3) is 0 Å². The largest absolute Gasteiger partial charge is 0.450 e. The average Bonchev–Trinajstić information content (AvgIpc) is 2.62. The first-order valence-corrected chi connectivity index (χ1v) is 11.1. The molecule has 10 heteroatoms. The maximum absolute atomic E-state index is 12.2. The molecule has 1 aliphatic heterocycles. The summed E-state index contributed by atoms with van der Waals surface area (Å²) < 4.78 is 32.5. The van der Waals surface area contributed by atoms with Crippen molar-refractivity contribution in [1.29, 1.82) is 0 Å². The highest BCUT2D eigenvalue weighted by molar-refractivity contribution is 9.10. The molecule has 8 nitrogen and oxygen atoms in total. The monoisotopic (exact) mass is 461 g/mol. The van der Waals surface area contributed by atoms with Crippen molar-refractivity contribution in [3.05, 3.63) is 28.7 Å². The normalized spacial score (nSPS) is 15.4. The average molecular weight is 462 g/mol. The van der Waals surface area contributed by atoms with Gasteiger partial charge in [-0.3, -0.25) is 4.79 Å². The number of piperidine rings is 1. The second kappa shape index (κ2) is 10.0. The first-order chi connectivity index (χ1) is 12.8. The highest BCUT2D eigenvalue weighted by Gasteiger charge is 2.24. The van der Waals surface area contributed by atoms with Crippen molar-refractivity contribution in [1.82, 2.24) is 14.9 Å². The fourth-order valence-electron chi connectivity index (χ4n) is 2.72. The van der Waals surface area contributed by atoms with Crippen LogP contribution in [0.4, 0.5) is 4.79 Å². The molecular formula is C17H24BrN3O5S. The van der Waals surface area contributed by atoms with Crippen molar-refractivity contribution >= 4 is 38.0 Å². The Morgan fingerprint density at radius 2 is 1.85 bits per heavy atom. The summed E-state index contributed by atoms with van der Waals surface area (Å²) in [5, 5.41) is 2.89. The number of amides is 2. The van der Waals surface area contributed by atoms with Crippen LogP contribution in [-0.4, -0.2) is 57.6 Å². The summed E-state index contributed by atoms with van der Waals surface area (Å²) in [5.41, 5.74) is 0. The van der Waals surface area contributed by atoms with Gasteiger partial charge in [0.15, 0.2) is 0 Å². The lowest BCUT2D eigenvalue weighted by molar-refractivity contribution is -0.121. The Hall–Kier alpha value is -1.65. The van der Waals surface area contributed by atoms with Crippen LogP contribution in [0.15, 0.2) is 33.6 Å². The molecule has 0 radical (unpaired) electrons. The third-order valence-electron chi connectivity index (χ3n) is 4.15. The third kappa shape index (κ3) is 6.78. The molecule has 2 N–H and O–H groups in total. The van der Waals surface area contributed by atoms with Gasteiger partial charge < -0.3 is 15.0 Å². The number of benzene rings is 1. The van der Waals surface area contributed by atoms with Crippen molar-refractivity contribution in [2.75, 3.05) is 26.2 Å². The van der Waals surface area contributed by atoms with E-state index in [2.05, 4.69) is 26.0 Å². The van der Waals surface area contributed by atoms with Crippen LogP contribution in [0.5, 0.6) is 0 Å². The lowest BCUT2D eigenvalue weighted by Gasteiger charge is -2.31. The Bertz CT molecular complexity index is 746. The van der Waals surface area contributed by atoms with Gasteiger partial charge in [0.1, 0.15) is 0 Å². The highest BCUT2D eigenvalue weighted by atomic mass is 79.9. The Morgan fingerprint density at radius 3 is 2.44 bits per heavy atom. The SMILES string of the molecule is CCOC(=O)N1CCC(NC(=O)CCNS(=O)(=O)c2ccc(Br)cc2)CC1. The van der Waals surface area contributed by atoms with Gasteiger partial charge in [-0.15, -0.1) is 0 Å². The second-order valence-corrected chi connectivity index (χ2v) is 8.81. The van der Waals surface area contributed by atoms with E-state index in [4.69, 9.17) is 4.74 Å². The van der Waals surface area contributed by atoms with Gasteiger partial charge in [-0.25, -0.2) is 17.9 Å². The lowest BCUT2D eigenvalue weighted by Crippen LogP contribution is -2.47. The number of carbonyl (C=O) groups excluding carboxylic acids is 2. The van der Waals surface area contributed by atoms with Gasteiger partial charge in [-0.05, 0) is 44.0 Å². The molecular weight excluding hydrogens is 438 g/mol. The molecule has 0 bridgehead atoms. The Kier molecular flexibility index (Phi) is 8.06. The number of likely N-dealkylation sites (tertiary alicyclic amines) is 1. The molecule has 0 saturated carbocycles. The molecule has 2 rings (SSSR count). The van der Waals surface area contributed by atoms with Crippen molar-refractivity contribution in [2.24, 2.45) is 0 Å². The van der Waals surface area contributed by atoms with E-state index >= 15 is 0 Å². The molecule has 0 atom stereocenters. The number of nitrogens with one attached hydrogen (secondary N) is 2. The van der Waals surface area contributed by atoms with Crippen LogP contribution in [0.25, 0.3) is 0 Å². The standard InChI is InChI=1S/C17H24BrN3O5S/c1-2-26-17(23)21-11-8-14(9-12-21)20-16(22)7-10-19-27(24,25)15-5-3-13(18)4-6-15/h3-6,14,19H,2,7-12H2,1H3,(H,20,22). The summed E-state index contributed by atoms with van der Waals surface area (Å²) in [4.78, 5) is 25.5. The van der Waals surface area contributed by atoms with E-state index in [1.807, 2.05) is 0 Å². The first kappa shape index (κ1) is 21.6. The van der Waals surface area contributed by atoms with Gasteiger partial charge in [0.05, 0.1) is 11.5 Å². The van der Waals surface area contributed by atoms with Crippen LogP contribution in [0.1, 0.15) is 26.2 Å². The van der Waals surface area contributed by atoms with Gasteiger partial charge >= 0.3 is 6.09 Å². The van der Waals surface area contributed by atoms with Crippen LogP contribution in [0.3, 0.4) is 0 Å². The van der Waals surface area contributed by atoms with E-state index < -0.39 is 10.0 Å². The molecule has 1 fully saturated rings. The summed E-state index contributed by atoms with van der Waals surface area (Å²) in [6.07, 6.45) is 1.02. The maximum atomic E-state index is 12.2. The first-order valence-electron chi connectivity index (χ1n) is 8.78. The fourth-order valence-corrected chi connectivity index (χ4v) is 4.01. The minimum absolute atomic E-state index is 0.0197. The molecule has 1 aliphatic rings. The predicted octanol–water partition coefficient (Wildman–Crippen LogP) is 1.85. The molecule has 2 amide bonds. The zero-order valence-electron chi connectivity index (χ0n) is 15.1. The van der Waals surface area contributed by atoms with Crippen LogP contribution in [0, 0.1) is 0 Å². The summed E-state index contributed by atoms with van der Waals surface area (Å²) in [7, 11) is -3.64. The number of hydrogen-bond acceptors (Lipinski definition) is 5. The molecule has 150 valence electrons. The van der Waals surface area contributed by atoms with Crippen LogP contribution < -0.4 is 10.0 Å². The Balaban J connectivity index is 1.71. The highest BCUT2D eigenvalue weighted by Crippen LogP contribution is 2.14. The number of nitrogens with zero attached hydrogens (tertiary/aromatic N) is 1. The Morgan fingerprint density at radius 1 is 1.22 bits per heavy atom. The number of rotatable bonds is 7. The quantitative estimate of drug-likeness (QED) is 0.644. The minimum Gasteiger partial charge on any atom is -0.450 e. The predicted molar refractivity (Wildman–Crippen MR) is 104 cm³/mol. The van der Waals surface area contributed by atoms with Crippen molar-refractivity contribution < 1.29 is 22.7 Å². The molecule has 1 aromatic carbocycles. The van der Waals surface area contributed by atoms with Crippen molar-refractivity contribution in [3.8, 4) is 0 Å². The molecule has 0 unspecified atom stereocenters. The number of halogens is 1. The van der Waals surface area contributed by atoms with Crippen LogP contribution >= 0.6 is 15.9 Å². The van der Waals surface area contributed by atoms with Gasteiger partial charge in [-0.2, -0.15) is 0 Å². The topological polar surface area (TPSA) is 105 Å². The molecule has 0 spiro atoms. The molecule has 1 heterocycles. The number of ether oxygens (including phenoxy) is 1. The van der Waals surface area contributed by atoms with E-state index in [0.29, 0.717) is 32.5 Å². The van der Waals surface area contributed by atoms with Crippen molar-refractivity contribution in [3.63, 3.8) is 0 Å². The summed E-state index contributed by atoms with van der Waals surface area (Å²) >= 11 is 3.25. The zero-order valence-corrected chi connectivity index (χ0v) is 17.5. The maximum Gasteiger partial charge on any atom is 0.409 e. The van der Waals surface area contributed by atoms with E-state index in [1.54, 1.807) is 24.0 Å². The Labute approximate surface area is 167 Å². The minimum atomic E-state index is -3.64. The van der Waals surface area contributed by atoms with Crippen molar-refractivity contribution in [2.45, 2.75) is 37.1 Å². The lowest BCUT2D eigenvalue weighted by atomic mass is 10.1. The van der Waals surface area contributed by atoms with Gasteiger partial charge in [0, 0.05) is 36.6 Å². The van der Waals surface area contributed by atoms with Crippen LogP contribution in [0.2, 0.25) is 0 Å². The smallest absolute Gasteiger partial charge is 0.409 e. The number of hydrogen-bond donors (Lipinski definition) is 2.